The van der Waals surface area contributed by atoms with Crippen LogP contribution in [0, 0.1) is 0 Å². The summed E-state index contributed by atoms with van der Waals surface area (Å²) in [5.74, 6) is 4.64. The van der Waals surface area contributed by atoms with E-state index < -0.39 is 17.6 Å². The molecule has 4 rings (SSSR count). The third-order valence-electron chi connectivity index (χ3n) is 5.92. The van der Waals surface area contributed by atoms with Crippen LogP contribution in [0.5, 0.6) is 0 Å². The summed E-state index contributed by atoms with van der Waals surface area (Å²) in [6.45, 7) is 0.986. The Labute approximate surface area is 214 Å². The highest BCUT2D eigenvalue weighted by Gasteiger charge is 2.31. The molecule has 7 nitrogen and oxygen atoms in total. The number of alkyl halides is 3. The first-order valence-electron chi connectivity index (χ1n) is 11.0. The fraction of sp³-hybridized carbons (Fsp3) is 0.250. The van der Waals surface area contributed by atoms with Crippen molar-refractivity contribution in [3.63, 3.8) is 0 Å². The summed E-state index contributed by atoms with van der Waals surface area (Å²) in [5, 5.41) is 4.89. The molecule has 188 valence electrons. The number of thiocarbonyl (C=S) groups is 1. The number of carbonyl (C=O) groups excluding carboxylic acids is 2. The molecule has 0 atom stereocenters. The summed E-state index contributed by atoms with van der Waals surface area (Å²) in [5.41, 5.74) is 3.25. The van der Waals surface area contributed by atoms with Crippen molar-refractivity contribution in [3.05, 3.63) is 75.7 Å². The zero-order valence-electron chi connectivity index (χ0n) is 18.8. The summed E-state index contributed by atoms with van der Waals surface area (Å²) < 4.78 is 38.8. The van der Waals surface area contributed by atoms with Gasteiger partial charge in [-0.3, -0.25) is 14.9 Å². The smallest absolute Gasteiger partial charge is 0.339 e. The van der Waals surface area contributed by atoms with Crippen molar-refractivity contribution in [3.8, 4) is 11.1 Å². The van der Waals surface area contributed by atoms with Crippen LogP contribution in [0.2, 0.25) is 0 Å². The minimum Gasteiger partial charge on any atom is -0.339 e. The van der Waals surface area contributed by atoms with Crippen LogP contribution < -0.4 is 16.6 Å². The molecular formula is C24H22F3N5O2S2. The quantitative estimate of drug-likeness (QED) is 0.262. The number of carbonyl (C=O) groups is 2. The number of nitrogens with zero attached hydrogens (tertiary/aromatic N) is 2. The van der Waals surface area contributed by atoms with Crippen molar-refractivity contribution in [2.75, 3.05) is 13.1 Å². The van der Waals surface area contributed by atoms with Gasteiger partial charge in [0.2, 0.25) is 0 Å². The van der Waals surface area contributed by atoms with Crippen LogP contribution >= 0.6 is 23.6 Å². The van der Waals surface area contributed by atoms with Crippen molar-refractivity contribution in [1.82, 2.24) is 20.6 Å². The predicted molar refractivity (Wildman–Crippen MR) is 134 cm³/mol. The maximum Gasteiger partial charge on any atom is 0.416 e. The molecule has 1 fully saturated rings. The third-order valence-corrected chi connectivity index (χ3v) is 7.15. The van der Waals surface area contributed by atoms with E-state index >= 15 is 0 Å². The van der Waals surface area contributed by atoms with Crippen LogP contribution in [0.4, 0.5) is 13.2 Å². The van der Waals surface area contributed by atoms with E-state index in [2.05, 4.69) is 15.7 Å². The summed E-state index contributed by atoms with van der Waals surface area (Å²) in [6.07, 6.45) is -3.08. The molecule has 36 heavy (non-hydrogen) atoms. The topological polar surface area (TPSA) is 100 Å². The molecule has 1 aliphatic rings. The van der Waals surface area contributed by atoms with Gasteiger partial charge in [-0.2, -0.15) is 13.2 Å². The highest BCUT2D eigenvalue weighted by atomic mass is 32.1. The lowest BCUT2D eigenvalue weighted by molar-refractivity contribution is -0.137. The summed E-state index contributed by atoms with van der Waals surface area (Å²) in [6, 6.07) is 11.7. The van der Waals surface area contributed by atoms with Gasteiger partial charge in [-0.05, 0) is 54.4 Å². The second-order valence-electron chi connectivity index (χ2n) is 8.19. The van der Waals surface area contributed by atoms with Gasteiger partial charge in [0, 0.05) is 30.0 Å². The fourth-order valence-corrected chi connectivity index (χ4v) is 5.11. The highest BCUT2D eigenvalue weighted by molar-refractivity contribution is 7.80. The third kappa shape index (κ3) is 5.72. The Morgan fingerprint density at radius 1 is 1.08 bits per heavy atom. The van der Waals surface area contributed by atoms with E-state index in [0.717, 1.165) is 17.1 Å². The Morgan fingerprint density at radius 3 is 2.39 bits per heavy atom. The lowest BCUT2D eigenvalue weighted by Crippen LogP contribution is -2.42. The summed E-state index contributed by atoms with van der Waals surface area (Å²) >= 11 is 6.20. The zero-order chi connectivity index (χ0) is 25.9. The maximum absolute atomic E-state index is 13.3. The Hall–Kier alpha value is -3.35. The standard InChI is InChI=1S/C24H22F3N5O2S2/c25-24(26,27)16-7-5-14(6-8-16)17-3-1-2-4-18(17)22(34)32-11-9-15(10-12-32)21-29-19(13-36-21)20(33)30-23(35)31-28/h1-8,13,15H,9-12,28H2,(H2,30,31,33,35). The number of nitrogens with one attached hydrogen (secondary N) is 2. The van der Waals surface area contributed by atoms with Gasteiger partial charge in [0.05, 0.1) is 10.6 Å². The molecule has 2 amide bonds. The summed E-state index contributed by atoms with van der Waals surface area (Å²) in [7, 11) is 0. The lowest BCUT2D eigenvalue weighted by atomic mass is 9.94. The number of piperidine rings is 1. The van der Waals surface area contributed by atoms with Crippen molar-refractivity contribution in [1.29, 1.82) is 0 Å². The number of hydrazine groups is 1. The van der Waals surface area contributed by atoms with Gasteiger partial charge < -0.3 is 10.3 Å². The minimum absolute atomic E-state index is 0.00190. The normalized spacial score (nSPS) is 14.4. The molecule has 2 heterocycles. The van der Waals surface area contributed by atoms with Crippen LogP contribution in [0.25, 0.3) is 11.1 Å². The molecule has 0 radical (unpaired) electrons. The minimum atomic E-state index is -4.42. The number of aromatic nitrogens is 1. The van der Waals surface area contributed by atoms with Crippen molar-refractivity contribution in [2.24, 2.45) is 5.84 Å². The van der Waals surface area contributed by atoms with E-state index in [1.807, 2.05) is 0 Å². The first-order chi connectivity index (χ1) is 17.2. The Balaban J connectivity index is 1.43. The molecule has 1 saturated heterocycles. The van der Waals surface area contributed by atoms with Crippen LogP contribution in [0.15, 0.2) is 53.9 Å². The molecule has 0 bridgehead atoms. The number of benzene rings is 2. The summed E-state index contributed by atoms with van der Waals surface area (Å²) in [4.78, 5) is 31.7. The Morgan fingerprint density at radius 2 is 1.75 bits per heavy atom. The van der Waals surface area contributed by atoms with Crippen LogP contribution in [-0.4, -0.2) is 39.9 Å². The fourth-order valence-electron chi connectivity index (χ4n) is 4.04. The average molecular weight is 534 g/mol. The molecule has 2 aromatic carbocycles. The lowest BCUT2D eigenvalue weighted by Gasteiger charge is -2.31. The Bertz CT molecular complexity index is 1270. The predicted octanol–water partition coefficient (Wildman–Crippen LogP) is 4.33. The second-order valence-corrected chi connectivity index (χ2v) is 9.48. The monoisotopic (exact) mass is 533 g/mol. The average Bonchev–Trinajstić information content (AvgIpc) is 3.38. The molecule has 1 aliphatic heterocycles. The van der Waals surface area contributed by atoms with E-state index in [4.69, 9.17) is 18.1 Å². The molecule has 3 aromatic rings. The molecule has 0 aliphatic carbocycles. The number of halogens is 3. The van der Waals surface area contributed by atoms with Gasteiger partial charge in [0.15, 0.2) is 5.11 Å². The van der Waals surface area contributed by atoms with E-state index in [1.54, 1.807) is 34.5 Å². The Kier molecular flexibility index (Phi) is 7.67. The first kappa shape index (κ1) is 25.7. The zero-order valence-corrected chi connectivity index (χ0v) is 20.5. The number of rotatable bonds is 4. The molecule has 0 saturated carbocycles. The SMILES string of the molecule is NNC(=S)NC(=O)c1csc(C2CCN(C(=O)c3ccccc3-c3ccc(C(F)(F)F)cc3)CC2)n1. The second kappa shape index (κ2) is 10.7. The maximum atomic E-state index is 13.3. The largest absolute Gasteiger partial charge is 0.416 e. The van der Waals surface area contributed by atoms with E-state index in [0.29, 0.717) is 42.6 Å². The van der Waals surface area contributed by atoms with Gasteiger partial charge in [-0.25, -0.2) is 10.8 Å². The molecule has 0 unspecified atom stereocenters. The number of nitrogens with two attached hydrogens (primary N) is 1. The van der Waals surface area contributed by atoms with Gasteiger partial charge in [0.25, 0.3) is 11.8 Å². The van der Waals surface area contributed by atoms with Crippen molar-refractivity contribution in [2.45, 2.75) is 24.9 Å². The molecule has 1 aromatic heterocycles. The van der Waals surface area contributed by atoms with Crippen LogP contribution in [0.3, 0.4) is 0 Å². The number of amides is 2. The van der Waals surface area contributed by atoms with Gasteiger partial charge >= 0.3 is 6.18 Å². The van der Waals surface area contributed by atoms with Gasteiger partial charge in [0.1, 0.15) is 5.69 Å². The van der Waals surface area contributed by atoms with E-state index in [1.165, 1.54) is 23.5 Å². The van der Waals surface area contributed by atoms with E-state index in [9.17, 15) is 22.8 Å². The highest BCUT2D eigenvalue weighted by Crippen LogP contribution is 2.34. The number of thiazole rings is 1. The van der Waals surface area contributed by atoms with Gasteiger partial charge in [-0.1, -0.05) is 30.3 Å². The molecule has 0 spiro atoms. The van der Waals surface area contributed by atoms with Crippen LogP contribution in [-0.2, 0) is 6.18 Å². The number of likely N-dealkylation sites (tertiary alicyclic amines) is 1. The first-order valence-corrected chi connectivity index (χ1v) is 12.3. The van der Waals surface area contributed by atoms with Gasteiger partial charge in [-0.15, -0.1) is 11.3 Å². The number of hydrogen-bond donors (Lipinski definition) is 3. The number of hydrogen-bond acceptors (Lipinski definition) is 6. The van der Waals surface area contributed by atoms with Crippen molar-refractivity contribution < 1.29 is 22.8 Å². The molecule has 12 heteroatoms. The van der Waals surface area contributed by atoms with E-state index in [-0.39, 0.29) is 22.6 Å². The molecule has 4 N–H and O–H groups in total. The molecular weight excluding hydrogens is 511 g/mol. The van der Waals surface area contributed by atoms with Crippen LogP contribution in [0.1, 0.15) is 50.2 Å². The van der Waals surface area contributed by atoms with Crippen molar-refractivity contribution >= 4 is 40.5 Å².